The molecule has 0 saturated carbocycles. The van der Waals surface area contributed by atoms with Crippen molar-refractivity contribution in [3.63, 3.8) is 0 Å². The number of nitrogens with one attached hydrogen (secondary N) is 1. The van der Waals surface area contributed by atoms with Gasteiger partial charge in [-0.3, -0.25) is 4.79 Å². The van der Waals surface area contributed by atoms with Crippen LogP contribution in [0.5, 0.6) is 0 Å². The van der Waals surface area contributed by atoms with Crippen LogP contribution in [0.2, 0.25) is 0 Å². The summed E-state index contributed by atoms with van der Waals surface area (Å²) in [4.78, 5) is 12.0. The zero-order chi connectivity index (χ0) is 15.5. The number of alkyl halides is 3. The van der Waals surface area contributed by atoms with Gasteiger partial charge in [0.15, 0.2) is 0 Å². The third-order valence-corrected chi connectivity index (χ3v) is 2.92. The molecule has 0 aliphatic rings. The summed E-state index contributed by atoms with van der Waals surface area (Å²) in [7, 11) is 0. The van der Waals surface area contributed by atoms with E-state index in [9.17, 15) is 18.0 Å². The van der Waals surface area contributed by atoms with Gasteiger partial charge in [-0.15, -0.1) is 0 Å². The lowest BCUT2D eigenvalue weighted by molar-refractivity contribution is -0.137. The molecule has 6 heteroatoms. The summed E-state index contributed by atoms with van der Waals surface area (Å²) in [6.07, 6.45) is -4.51. The van der Waals surface area contributed by atoms with E-state index in [4.69, 9.17) is 5.73 Å². The number of halogens is 3. The second-order valence-electron chi connectivity index (χ2n) is 4.47. The molecule has 0 saturated heterocycles. The number of carbonyl (C=O) groups excluding carboxylic acids is 1. The lowest BCUT2D eigenvalue weighted by Gasteiger charge is -2.11. The van der Waals surface area contributed by atoms with Crippen molar-refractivity contribution >= 4 is 11.6 Å². The number of carbonyl (C=O) groups is 1. The van der Waals surface area contributed by atoms with E-state index in [0.29, 0.717) is 0 Å². The number of benzene rings is 2. The summed E-state index contributed by atoms with van der Waals surface area (Å²) >= 11 is 0. The molecule has 0 aromatic heterocycles. The van der Waals surface area contributed by atoms with E-state index < -0.39 is 17.6 Å². The highest BCUT2D eigenvalue weighted by Gasteiger charge is 2.31. The number of nitrogen functional groups attached to an aromatic ring is 1. The van der Waals surface area contributed by atoms with Gasteiger partial charge in [0.25, 0.3) is 5.91 Å². The highest BCUT2D eigenvalue weighted by Crippen LogP contribution is 2.31. The second-order valence-corrected chi connectivity index (χ2v) is 4.47. The molecule has 1 amide bonds. The average Bonchev–Trinajstić information content (AvgIpc) is 2.45. The third kappa shape index (κ3) is 3.75. The standard InChI is InChI=1S/C15H13F3N2O/c16-15(17,18)11-6-7-13(19)12(8-11)14(21)20-9-10-4-2-1-3-5-10/h1-8H,9,19H2,(H,20,21). The van der Waals surface area contributed by atoms with Crippen LogP contribution in [0.3, 0.4) is 0 Å². The van der Waals surface area contributed by atoms with E-state index in [1.54, 1.807) is 24.3 Å². The summed E-state index contributed by atoms with van der Waals surface area (Å²) in [5, 5.41) is 2.55. The summed E-state index contributed by atoms with van der Waals surface area (Å²) in [6.45, 7) is 0.218. The van der Waals surface area contributed by atoms with E-state index in [1.807, 2.05) is 6.07 Å². The van der Waals surface area contributed by atoms with Crippen molar-refractivity contribution in [2.75, 3.05) is 5.73 Å². The summed E-state index contributed by atoms with van der Waals surface area (Å²) in [5.41, 5.74) is 5.35. The van der Waals surface area contributed by atoms with Gasteiger partial charge in [-0.1, -0.05) is 30.3 Å². The first kappa shape index (κ1) is 14.9. The highest BCUT2D eigenvalue weighted by molar-refractivity contribution is 5.99. The monoisotopic (exact) mass is 294 g/mol. The maximum absolute atomic E-state index is 12.6. The van der Waals surface area contributed by atoms with Gasteiger partial charge >= 0.3 is 6.18 Å². The molecule has 0 spiro atoms. The van der Waals surface area contributed by atoms with Crippen molar-refractivity contribution in [1.82, 2.24) is 5.32 Å². The van der Waals surface area contributed by atoms with Crippen LogP contribution in [0.15, 0.2) is 48.5 Å². The first-order chi connectivity index (χ1) is 9.88. The fourth-order valence-electron chi connectivity index (χ4n) is 1.80. The molecule has 21 heavy (non-hydrogen) atoms. The zero-order valence-corrected chi connectivity index (χ0v) is 10.9. The molecule has 0 aliphatic heterocycles. The van der Waals surface area contributed by atoms with Gasteiger partial charge < -0.3 is 11.1 Å². The number of hydrogen-bond donors (Lipinski definition) is 2. The van der Waals surface area contributed by atoms with Crippen LogP contribution in [0.1, 0.15) is 21.5 Å². The number of amides is 1. The minimum Gasteiger partial charge on any atom is -0.398 e. The molecule has 2 aromatic rings. The van der Waals surface area contributed by atoms with Gasteiger partial charge in [-0.2, -0.15) is 13.2 Å². The number of hydrogen-bond acceptors (Lipinski definition) is 2. The quantitative estimate of drug-likeness (QED) is 0.854. The Bertz CT molecular complexity index is 639. The van der Waals surface area contributed by atoms with E-state index in [0.717, 1.165) is 23.8 Å². The van der Waals surface area contributed by atoms with Gasteiger partial charge in [-0.25, -0.2) is 0 Å². The first-order valence-corrected chi connectivity index (χ1v) is 6.17. The molecule has 0 heterocycles. The lowest BCUT2D eigenvalue weighted by atomic mass is 10.1. The third-order valence-electron chi connectivity index (χ3n) is 2.92. The van der Waals surface area contributed by atoms with Gasteiger partial charge in [0.1, 0.15) is 0 Å². The van der Waals surface area contributed by atoms with Crippen molar-refractivity contribution in [3.05, 3.63) is 65.2 Å². The normalized spacial score (nSPS) is 11.2. The molecular weight excluding hydrogens is 281 g/mol. The van der Waals surface area contributed by atoms with E-state index in [1.165, 1.54) is 0 Å². The molecule has 3 N–H and O–H groups in total. The summed E-state index contributed by atoms with van der Waals surface area (Å²) in [5.74, 6) is -0.637. The minimum atomic E-state index is -4.51. The molecule has 3 nitrogen and oxygen atoms in total. The molecular formula is C15H13F3N2O. The van der Waals surface area contributed by atoms with Crippen LogP contribution < -0.4 is 11.1 Å². The highest BCUT2D eigenvalue weighted by atomic mass is 19.4. The van der Waals surface area contributed by atoms with E-state index in [2.05, 4.69) is 5.32 Å². The van der Waals surface area contributed by atoms with Crippen molar-refractivity contribution in [2.24, 2.45) is 0 Å². The Morgan fingerprint density at radius 3 is 2.38 bits per heavy atom. The largest absolute Gasteiger partial charge is 0.416 e. The van der Waals surface area contributed by atoms with Crippen molar-refractivity contribution in [1.29, 1.82) is 0 Å². The van der Waals surface area contributed by atoms with Crippen LogP contribution in [-0.4, -0.2) is 5.91 Å². The predicted octanol–water partition coefficient (Wildman–Crippen LogP) is 3.22. The van der Waals surface area contributed by atoms with Crippen LogP contribution >= 0.6 is 0 Å². The molecule has 0 atom stereocenters. The molecule has 0 bridgehead atoms. The molecule has 110 valence electrons. The molecule has 0 aliphatic carbocycles. The van der Waals surface area contributed by atoms with E-state index >= 15 is 0 Å². The number of rotatable bonds is 3. The molecule has 2 rings (SSSR count). The molecule has 0 unspecified atom stereocenters. The lowest BCUT2D eigenvalue weighted by Crippen LogP contribution is -2.24. The maximum atomic E-state index is 12.6. The smallest absolute Gasteiger partial charge is 0.398 e. The van der Waals surface area contributed by atoms with E-state index in [-0.39, 0.29) is 17.8 Å². The van der Waals surface area contributed by atoms with Crippen LogP contribution in [0.4, 0.5) is 18.9 Å². The SMILES string of the molecule is Nc1ccc(C(F)(F)F)cc1C(=O)NCc1ccccc1. The maximum Gasteiger partial charge on any atom is 0.416 e. The molecule has 0 radical (unpaired) electrons. The minimum absolute atomic E-state index is 0.00793. The number of anilines is 1. The Balaban J connectivity index is 2.15. The van der Waals surface area contributed by atoms with Gasteiger partial charge in [0, 0.05) is 12.2 Å². The molecule has 2 aromatic carbocycles. The van der Waals surface area contributed by atoms with Crippen molar-refractivity contribution < 1.29 is 18.0 Å². The average molecular weight is 294 g/mol. The summed E-state index contributed by atoms with van der Waals surface area (Å²) in [6, 6.07) is 11.7. The van der Waals surface area contributed by atoms with Crippen LogP contribution in [-0.2, 0) is 12.7 Å². The Hall–Kier alpha value is -2.50. The van der Waals surface area contributed by atoms with Gasteiger partial charge in [0.2, 0.25) is 0 Å². The van der Waals surface area contributed by atoms with Crippen molar-refractivity contribution in [3.8, 4) is 0 Å². The Kier molecular flexibility index (Phi) is 4.16. The van der Waals surface area contributed by atoms with Crippen LogP contribution in [0, 0.1) is 0 Å². The fraction of sp³-hybridized carbons (Fsp3) is 0.133. The van der Waals surface area contributed by atoms with Crippen molar-refractivity contribution in [2.45, 2.75) is 12.7 Å². The Morgan fingerprint density at radius 2 is 1.76 bits per heavy atom. The first-order valence-electron chi connectivity index (χ1n) is 6.17. The van der Waals surface area contributed by atoms with Crippen LogP contribution in [0.25, 0.3) is 0 Å². The fourth-order valence-corrected chi connectivity index (χ4v) is 1.80. The molecule has 0 fully saturated rings. The van der Waals surface area contributed by atoms with Gasteiger partial charge in [0.05, 0.1) is 11.1 Å². The summed E-state index contributed by atoms with van der Waals surface area (Å²) < 4.78 is 37.9. The number of nitrogens with two attached hydrogens (primary N) is 1. The zero-order valence-electron chi connectivity index (χ0n) is 10.9. The Morgan fingerprint density at radius 1 is 1.10 bits per heavy atom. The Labute approximate surface area is 119 Å². The second kappa shape index (κ2) is 5.87. The van der Waals surface area contributed by atoms with Gasteiger partial charge in [-0.05, 0) is 23.8 Å². The topological polar surface area (TPSA) is 55.1 Å². The predicted molar refractivity (Wildman–Crippen MR) is 73.5 cm³/mol.